The third-order valence-corrected chi connectivity index (χ3v) is 7.41. The van der Waals surface area contributed by atoms with Crippen molar-refractivity contribution in [2.24, 2.45) is 0 Å². The van der Waals surface area contributed by atoms with Gasteiger partial charge in [0, 0.05) is 38.0 Å². The Morgan fingerprint density at radius 2 is 1.76 bits per heavy atom. The molecule has 0 aliphatic carbocycles. The fraction of sp³-hybridized carbons (Fsp3) is 0.333. The highest BCUT2D eigenvalue weighted by atomic mass is 32.2. The normalized spacial score (nSPS) is 15.3. The van der Waals surface area contributed by atoms with Crippen LogP contribution < -0.4 is 5.32 Å². The van der Waals surface area contributed by atoms with Gasteiger partial charge in [-0.1, -0.05) is 0 Å². The highest BCUT2D eigenvalue weighted by molar-refractivity contribution is 7.89. The van der Waals surface area contributed by atoms with Gasteiger partial charge in [0.05, 0.1) is 16.3 Å². The second kappa shape index (κ2) is 8.56. The predicted molar refractivity (Wildman–Crippen MR) is 103 cm³/mol. The smallest absolute Gasteiger partial charge is 0.264 e. The van der Waals surface area contributed by atoms with E-state index in [2.05, 4.69) is 5.32 Å². The number of hydrogen-bond acceptors (Lipinski definition) is 5. The van der Waals surface area contributed by atoms with Gasteiger partial charge in [0.15, 0.2) is 11.6 Å². The number of rotatable bonds is 5. The summed E-state index contributed by atoms with van der Waals surface area (Å²) in [5.41, 5.74) is 0. The van der Waals surface area contributed by atoms with Crippen LogP contribution in [0.2, 0.25) is 0 Å². The van der Waals surface area contributed by atoms with Crippen LogP contribution in [0.3, 0.4) is 0 Å². The van der Waals surface area contributed by atoms with Crippen LogP contribution in [0.5, 0.6) is 0 Å². The van der Waals surface area contributed by atoms with Gasteiger partial charge in [0.2, 0.25) is 15.9 Å². The summed E-state index contributed by atoms with van der Waals surface area (Å²) in [4.78, 5) is 26.2. The second-order valence-electron chi connectivity index (χ2n) is 6.45. The molecule has 11 heteroatoms. The standard InChI is InChI=1S/C18H19F2N3O4S2/c1-12(24)21-11-13-2-5-17(28-13)18(25)22-6-8-23(9-7-22)29(26,27)14-3-4-15(19)16(20)10-14/h2-5,10H,6-9,11H2,1H3,(H,21,24). The number of hydrogen-bond donors (Lipinski definition) is 1. The molecule has 0 radical (unpaired) electrons. The number of carbonyl (C=O) groups excluding carboxylic acids is 2. The summed E-state index contributed by atoms with van der Waals surface area (Å²) in [5, 5.41) is 2.66. The van der Waals surface area contributed by atoms with Crippen molar-refractivity contribution in [2.75, 3.05) is 26.2 Å². The average Bonchev–Trinajstić information content (AvgIpc) is 3.17. The van der Waals surface area contributed by atoms with E-state index in [9.17, 15) is 26.8 Å². The van der Waals surface area contributed by atoms with Gasteiger partial charge in [-0.2, -0.15) is 4.31 Å². The number of nitrogens with one attached hydrogen (secondary N) is 1. The van der Waals surface area contributed by atoms with E-state index in [4.69, 9.17) is 0 Å². The largest absolute Gasteiger partial charge is 0.351 e. The lowest BCUT2D eigenvalue weighted by Gasteiger charge is -2.33. The zero-order valence-corrected chi connectivity index (χ0v) is 17.2. The van der Waals surface area contributed by atoms with E-state index in [1.165, 1.54) is 18.3 Å². The lowest BCUT2D eigenvalue weighted by atomic mass is 10.3. The van der Waals surface area contributed by atoms with Crippen molar-refractivity contribution in [1.82, 2.24) is 14.5 Å². The molecule has 1 aromatic heterocycles. The SMILES string of the molecule is CC(=O)NCc1ccc(C(=O)N2CCN(S(=O)(=O)c3ccc(F)c(F)c3)CC2)s1. The number of thiophene rings is 1. The van der Waals surface area contributed by atoms with Crippen molar-refractivity contribution in [3.63, 3.8) is 0 Å². The van der Waals surface area contributed by atoms with Gasteiger partial charge in [-0.3, -0.25) is 9.59 Å². The predicted octanol–water partition coefficient (Wildman–Crippen LogP) is 1.81. The molecule has 0 spiro atoms. The summed E-state index contributed by atoms with van der Waals surface area (Å²) in [5.74, 6) is -2.72. The van der Waals surface area contributed by atoms with Crippen LogP contribution in [0.25, 0.3) is 0 Å². The summed E-state index contributed by atoms with van der Waals surface area (Å²) in [7, 11) is -3.98. The first-order valence-electron chi connectivity index (χ1n) is 8.76. The van der Waals surface area contributed by atoms with Gasteiger partial charge in [0.1, 0.15) is 0 Å². The minimum absolute atomic E-state index is 0.0528. The minimum Gasteiger partial charge on any atom is -0.351 e. The quantitative estimate of drug-likeness (QED) is 0.764. The molecule has 1 fully saturated rings. The van der Waals surface area contributed by atoms with E-state index in [0.29, 0.717) is 17.5 Å². The maximum atomic E-state index is 13.4. The number of benzene rings is 1. The molecular formula is C18H19F2N3O4S2. The number of halogens is 2. The third-order valence-electron chi connectivity index (χ3n) is 4.44. The molecule has 29 heavy (non-hydrogen) atoms. The van der Waals surface area contributed by atoms with Crippen LogP contribution in [0.15, 0.2) is 35.2 Å². The number of sulfonamides is 1. The topological polar surface area (TPSA) is 86.8 Å². The Labute approximate surface area is 171 Å². The second-order valence-corrected chi connectivity index (χ2v) is 9.55. The van der Waals surface area contributed by atoms with E-state index < -0.39 is 21.7 Å². The first-order chi connectivity index (χ1) is 13.7. The van der Waals surface area contributed by atoms with Crippen LogP contribution >= 0.6 is 11.3 Å². The van der Waals surface area contributed by atoms with E-state index in [-0.39, 0.29) is 42.9 Å². The van der Waals surface area contributed by atoms with Gasteiger partial charge in [-0.15, -0.1) is 11.3 Å². The average molecular weight is 443 g/mol. The van der Waals surface area contributed by atoms with Crippen LogP contribution in [-0.2, 0) is 21.4 Å². The third kappa shape index (κ3) is 4.80. The van der Waals surface area contributed by atoms with E-state index >= 15 is 0 Å². The number of carbonyl (C=O) groups is 2. The van der Waals surface area contributed by atoms with Gasteiger partial charge in [-0.25, -0.2) is 17.2 Å². The Bertz CT molecular complexity index is 1030. The Hall–Kier alpha value is -2.37. The monoisotopic (exact) mass is 443 g/mol. The zero-order chi connectivity index (χ0) is 21.2. The maximum absolute atomic E-state index is 13.4. The zero-order valence-electron chi connectivity index (χ0n) is 15.5. The molecule has 2 aromatic rings. The molecule has 1 N–H and O–H groups in total. The molecule has 0 bridgehead atoms. The molecule has 2 heterocycles. The Morgan fingerprint density at radius 1 is 1.07 bits per heavy atom. The van der Waals surface area contributed by atoms with Crippen LogP contribution in [0, 0.1) is 11.6 Å². The summed E-state index contributed by atoms with van der Waals surface area (Å²) < 4.78 is 52.9. The van der Waals surface area contributed by atoms with Crippen molar-refractivity contribution in [1.29, 1.82) is 0 Å². The molecule has 7 nitrogen and oxygen atoms in total. The van der Waals surface area contributed by atoms with E-state index in [1.807, 2.05) is 0 Å². The first kappa shape index (κ1) is 21.3. The molecule has 2 amide bonds. The molecule has 156 valence electrons. The minimum atomic E-state index is -3.98. The fourth-order valence-electron chi connectivity index (χ4n) is 2.87. The fourth-order valence-corrected chi connectivity index (χ4v) is 5.22. The summed E-state index contributed by atoms with van der Waals surface area (Å²) >= 11 is 1.27. The molecule has 3 rings (SSSR count). The Balaban J connectivity index is 1.63. The molecule has 1 aliphatic rings. The van der Waals surface area contributed by atoms with Crippen molar-refractivity contribution in [3.8, 4) is 0 Å². The highest BCUT2D eigenvalue weighted by Crippen LogP contribution is 2.22. The van der Waals surface area contributed by atoms with Crippen LogP contribution in [-0.4, -0.2) is 55.6 Å². The number of amides is 2. The molecular weight excluding hydrogens is 424 g/mol. The summed E-state index contributed by atoms with van der Waals surface area (Å²) in [6.07, 6.45) is 0. The van der Waals surface area contributed by atoms with Crippen LogP contribution in [0.1, 0.15) is 21.5 Å². The van der Waals surface area contributed by atoms with Crippen molar-refractivity contribution in [2.45, 2.75) is 18.4 Å². The molecule has 1 aliphatic heterocycles. The summed E-state index contributed by atoms with van der Waals surface area (Å²) in [6, 6.07) is 5.89. The first-order valence-corrected chi connectivity index (χ1v) is 11.0. The highest BCUT2D eigenvalue weighted by Gasteiger charge is 2.31. The lowest BCUT2D eigenvalue weighted by molar-refractivity contribution is -0.119. The number of nitrogens with zero attached hydrogens (tertiary/aromatic N) is 2. The van der Waals surface area contributed by atoms with Crippen molar-refractivity contribution < 1.29 is 26.8 Å². The Kier molecular flexibility index (Phi) is 6.30. The lowest BCUT2D eigenvalue weighted by Crippen LogP contribution is -2.50. The Morgan fingerprint density at radius 3 is 2.38 bits per heavy atom. The molecule has 1 saturated heterocycles. The van der Waals surface area contributed by atoms with Gasteiger partial charge < -0.3 is 10.2 Å². The van der Waals surface area contributed by atoms with E-state index in [1.54, 1.807) is 17.0 Å². The van der Waals surface area contributed by atoms with Gasteiger partial charge >= 0.3 is 0 Å². The molecule has 0 saturated carbocycles. The van der Waals surface area contributed by atoms with E-state index in [0.717, 1.165) is 21.3 Å². The van der Waals surface area contributed by atoms with Crippen molar-refractivity contribution >= 4 is 33.2 Å². The maximum Gasteiger partial charge on any atom is 0.264 e. The van der Waals surface area contributed by atoms with Gasteiger partial charge in [0.25, 0.3) is 5.91 Å². The molecule has 0 atom stereocenters. The van der Waals surface area contributed by atoms with Crippen molar-refractivity contribution in [3.05, 3.63) is 51.7 Å². The van der Waals surface area contributed by atoms with Gasteiger partial charge in [-0.05, 0) is 30.3 Å². The molecule has 1 aromatic carbocycles. The number of piperazine rings is 1. The summed E-state index contributed by atoms with van der Waals surface area (Å²) in [6.45, 7) is 2.22. The van der Waals surface area contributed by atoms with Crippen LogP contribution in [0.4, 0.5) is 8.78 Å². The molecule has 0 unspecified atom stereocenters.